The van der Waals surface area contributed by atoms with Crippen LogP contribution < -0.4 is 0 Å². The molecule has 0 fully saturated rings. The van der Waals surface area contributed by atoms with Gasteiger partial charge in [-0.25, -0.2) is 4.39 Å². The lowest BCUT2D eigenvalue weighted by Crippen LogP contribution is -1.96. The minimum Gasteiger partial charge on any atom is -0.481 e. The van der Waals surface area contributed by atoms with E-state index in [0.717, 1.165) is 11.1 Å². The van der Waals surface area contributed by atoms with Crippen molar-refractivity contribution in [1.29, 1.82) is 0 Å². The van der Waals surface area contributed by atoms with E-state index in [4.69, 9.17) is 5.11 Å². The van der Waals surface area contributed by atoms with Gasteiger partial charge in [0, 0.05) is 6.42 Å². The van der Waals surface area contributed by atoms with Gasteiger partial charge in [0.2, 0.25) is 0 Å². The smallest absolute Gasteiger partial charge is 0.303 e. The summed E-state index contributed by atoms with van der Waals surface area (Å²) in [6, 6.07) is 4.79. The molecule has 0 unspecified atom stereocenters. The molecule has 1 N–H and O–H groups in total. The van der Waals surface area contributed by atoms with Crippen molar-refractivity contribution in [3.63, 3.8) is 0 Å². The second kappa shape index (κ2) is 4.74. The van der Waals surface area contributed by atoms with Gasteiger partial charge in [0.15, 0.2) is 0 Å². The number of carboxylic acids is 1. The molecular formula is C11H13FO2. The Morgan fingerprint density at radius 3 is 2.71 bits per heavy atom. The molecule has 14 heavy (non-hydrogen) atoms. The van der Waals surface area contributed by atoms with Crippen molar-refractivity contribution in [3.8, 4) is 0 Å². The summed E-state index contributed by atoms with van der Waals surface area (Å²) < 4.78 is 12.9. The molecular weight excluding hydrogens is 183 g/mol. The predicted molar refractivity (Wildman–Crippen MR) is 51.7 cm³/mol. The quantitative estimate of drug-likeness (QED) is 0.803. The Labute approximate surface area is 82.4 Å². The van der Waals surface area contributed by atoms with Gasteiger partial charge in [0.25, 0.3) is 0 Å². The van der Waals surface area contributed by atoms with Crippen LogP contribution in [0.15, 0.2) is 18.2 Å². The third kappa shape index (κ3) is 3.56. The van der Waals surface area contributed by atoms with Crippen molar-refractivity contribution < 1.29 is 14.3 Å². The van der Waals surface area contributed by atoms with Crippen LogP contribution >= 0.6 is 0 Å². The Balaban J connectivity index is 2.54. The molecule has 0 spiro atoms. The normalized spacial score (nSPS) is 10.1. The Bertz CT molecular complexity index is 314. The first-order chi connectivity index (χ1) is 6.58. The predicted octanol–water partition coefficient (Wildman–Crippen LogP) is 2.54. The largest absolute Gasteiger partial charge is 0.481 e. The van der Waals surface area contributed by atoms with E-state index < -0.39 is 5.97 Å². The number of rotatable bonds is 4. The van der Waals surface area contributed by atoms with Crippen molar-refractivity contribution in [2.45, 2.75) is 26.2 Å². The molecule has 0 amide bonds. The lowest BCUT2D eigenvalue weighted by Gasteiger charge is -2.01. The van der Waals surface area contributed by atoms with E-state index in [1.54, 1.807) is 0 Å². The van der Waals surface area contributed by atoms with Crippen LogP contribution in [-0.2, 0) is 11.2 Å². The molecule has 1 aromatic carbocycles. The number of hydrogen-bond donors (Lipinski definition) is 1. The van der Waals surface area contributed by atoms with Gasteiger partial charge >= 0.3 is 5.97 Å². The van der Waals surface area contributed by atoms with Gasteiger partial charge < -0.3 is 5.11 Å². The molecule has 0 heterocycles. The van der Waals surface area contributed by atoms with Crippen LogP contribution in [0.4, 0.5) is 4.39 Å². The summed E-state index contributed by atoms with van der Waals surface area (Å²) in [6.45, 7) is 1.82. The highest BCUT2D eigenvalue weighted by Gasteiger charge is 2.00. The molecule has 0 aliphatic rings. The molecule has 76 valence electrons. The monoisotopic (exact) mass is 196 g/mol. The zero-order valence-corrected chi connectivity index (χ0v) is 8.09. The van der Waals surface area contributed by atoms with Gasteiger partial charge in [-0.1, -0.05) is 6.07 Å². The average molecular weight is 196 g/mol. The number of aliphatic carboxylic acids is 1. The minimum atomic E-state index is -0.807. The van der Waals surface area contributed by atoms with E-state index in [9.17, 15) is 9.18 Å². The van der Waals surface area contributed by atoms with Crippen molar-refractivity contribution in [3.05, 3.63) is 35.1 Å². The number of benzene rings is 1. The first-order valence-corrected chi connectivity index (χ1v) is 4.56. The number of hydrogen-bond acceptors (Lipinski definition) is 1. The zero-order chi connectivity index (χ0) is 10.6. The molecule has 0 radical (unpaired) electrons. The molecule has 0 saturated carbocycles. The van der Waals surface area contributed by atoms with E-state index in [-0.39, 0.29) is 12.2 Å². The maximum atomic E-state index is 12.9. The fourth-order valence-electron chi connectivity index (χ4n) is 1.40. The SMILES string of the molecule is Cc1cc(F)cc(CCCC(=O)O)c1. The van der Waals surface area contributed by atoms with Crippen LogP contribution in [0.1, 0.15) is 24.0 Å². The van der Waals surface area contributed by atoms with E-state index in [1.807, 2.05) is 13.0 Å². The molecule has 0 atom stereocenters. The highest BCUT2D eigenvalue weighted by molar-refractivity contribution is 5.66. The van der Waals surface area contributed by atoms with Crippen LogP contribution in [0, 0.1) is 12.7 Å². The molecule has 1 aromatic rings. The summed E-state index contributed by atoms with van der Waals surface area (Å²) in [5.74, 6) is -1.06. The lowest BCUT2D eigenvalue weighted by molar-refractivity contribution is -0.137. The van der Waals surface area contributed by atoms with E-state index in [2.05, 4.69) is 0 Å². The number of carbonyl (C=O) groups is 1. The molecule has 3 heteroatoms. The maximum absolute atomic E-state index is 12.9. The standard InChI is InChI=1S/C11H13FO2/c1-8-5-9(7-10(12)6-8)3-2-4-11(13)14/h5-7H,2-4H2,1H3,(H,13,14). The molecule has 0 bridgehead atoms. The second-order valence-electron chi connectivity index (χ2n) is 3.38. The van der Waals surface area contributed by atoms with Crippen LogP contribution in [-0.4, -0.2) is 11.1 Å². The number of halogens is 1. The highest BCUT2D eigenvalue weighted by atomic mass is 19.1. The zero-order valence-electron chi connectivity index (χ0n) is 8.09. The van der Waals surface area contributed by atoms with Gasteiger partial charge in [-0.2, -0.15) is 0 Å². The van der Waals surface area contributed by atoms with Crippen LogP contribution in [0.5, 0.6) is 0 Å². The first kappa shape index (κ1) is 10.7. The summed E-state index contributed by atoms with van der Waals surface area (Å²) in [5.41, 5.74) is 1.74. The fourth-order valence-corrected chi connectivity index (χ4v) is 1.40. The van der Waals surface area contributed by atoms with Gasteiger partial charge in [-0.15, -0.1) is 0 Å². The Kier molecular flexibility index (Phi) is 3.63. The summed E-state index contributed by atoms with van der Waals surface area (Å²) in [6.07, 6.45) is 1.30. The van der Waals surface area contributed by atoms with E-state index in [1.165, 1.54) is 12.1 Å². The summed E-state index contributed by atoms with van der Waals surface area (Å²) in [4.78, 5) is 10.2. The van der Waals surface area contributed by atoms with Gasteiger partial charge in [-0.3, -0.25) is 4.79 Å². The fraction of sp³-hybridized carbons (Fsp3) is 0.364. The van der Waals surface area contributed by atoms with Crippen molar-refractivity contribution in [1.82, 2.24) is 0 Å². The Morgan fingerprint density at radius 2 is 2.14 bits per heavy atom. The number of aryl methyl sites for hydroxylation is 2. The first-order valence-electron chi connectivity index (χ1n) is 4.56. The Hall–Kier alpha value is -1.38. The van der Waals surface area contributed by atoms with Crippen molar-refractivity contribution in [2.75, 3.05) is 0 Å². The summed E-state index contributed by atoms with van der Waals surface area (Å²) >= 11 is 0. The third-order valence-corrected chi connectivity index (χ3v) is 1.96. The molecule has 2 nitrogen and oxygen atoms in total. The summed E-state index contributed by atoms with van der Waals surface area (Å²) in [5, 5.41) is 8.43. The second-order valence-corrected chi connectivity index (χ2v) is 3.38. The van der Waals surface area contributed by atoms with Crippen molar-refractivity contribution >= 4 is 5.97 Å². The minimum absolute atomic E-state index is 0.134. The van der Waals surface area contributed by atoms with E-state index >= 15 is 0 Å². The van der Waals surface area contributed by atoms with Crippen LogP contribution in [0.2, 0.25) is 0 Å². The summed E-state index contributed by atoms with van der Waals surface area (Å²) in [7, 11) is 0. The number of carboxylic acid groups (broad SMARTS) is 1. The lowest BCUT2D eigenvalue weighted by atomic mass is 10.1. The topological polar surface area (TPSA) is 37.3 Å². The van der Waals surface area contributed by atoms with Crippen LogP contribution in [0.3, 0.4) is 0 Å². The van der Waals surface area contributed by atoms with Crippen molar-refractivity contribution in [2.24, 2.45) is 0 Å². The van der Waals surface area contributed by atoms with Gasteiger partial charge in [0.05, 0.1) is 0 Å². The maximum Gasteiger partial charge on any atom is 0.303 e. The molecule has 0 aromatic heterocycles. The van der Waals surface area contributed by atoms with Crippen LogP contribution in [0.25, 0.3) is 0 Å². The molecule has 1 rings (SSSR count). The van der Waals surface area contributed by atoms with Gasteiger partial charge in [-0.05, 0) is 43.0 Å². The third-order valence-electron chi connectivity index (χ3n) is 1.96. The van der Waals surface area contributed by atoms with Gasteiger partial charge in [0.1, 0.15) is 5.82 Å². The van der Waals surface area contributed by atoms with E-state index in [0.29, 0.717) is 12.8 Å². The highest BCUT2D eigenvalue weighted by Crippen LogP contribution is 2.11. The molecule has 0 saturated heterocycles. The average Bonchev–Trinajstić information content (AvgIpc) is 2.01. The Morgan fingerprint density at radius 1 is 1.43 bits per heavy atom. The molecule has 0 aliphatic heterocycles. The molecule has 0 aliphatic carbocycles.